The van der Waals surface area contributed by atoms with Crippen LogP contribution in [0.1, 0.15) is 32.8 Å². The van der Waals surface area contributed by atoms with Crippen molar-refractivity contribution in [2.75, 3.05) is 20.3 Å². The maximum Gasteiger partial charge on any atom is 0.161 e. The van der Waals surface area contributed by atoms with E-state index in [1.165, 1.54) is 0 Å². The first kappa shape index (κ1) is 15.8. The van der Waals surface area contributed by atoms with E-state index in [-0.39, 0.29) is 12.1 Å². The zero-order valence-corrected chi connectivity index (χ0v) is 12.3. The summed E-state index contributed by atoms with van der Waals surface area (Å²) in [6.07, 6.45) is 0.723. The molecule has 0 saturated carbocycles. The van der Waals surface area contributed by atoms with Gasteiger partial charge in [0.1, 0.15) is 0 Å². The van der Waals surface area contributed by atoms with Crippen LogP contribution in [-0.4, -0.2) is 31.0 Å². The van der Waals surface area contributed by atoms with Crippen molar-refractivity contribution in [3.63, 3.8) is 0 Å². The van der Waals surface area contributed by atoms with Crippen molar-refractivity contribution in [2.24, 2.45) is 0 Å². The Hall–Kier alpha value is -1.26. The number of methoxy groups -OCH3 is 1. The highest BCUT2D eigenvalue weighted by Crippen LogP contribution is 2.28. The smallest absolute Gasteiger partial charge is 0.161 e. The standard InChI is InChI=1S/C15H25NO3/c1-5-19-13-7-6-12(10-14(13)18-4)11-16-15(2,3)8-9-17/h6-7,10,16-17H,5,8-9,11H2,1-4H3. The Balaban J connectivity index is 2.69. The highest BCUT2D eigenvalue weighted by molar-refractivity contribution is 5.42. The summed E-state index contributed by atoms with van der Waals surface area (Å²) in [5, 5.41) is 12.4. The molecule has 0 saturated heterocycles. The highest BCUT2D eigenvalue weighted by atomic mass is 16.5. The average molecular weight is 267 g/mol. The predicted molar refractivity (Wildman–Crippen MR) is 76.8 cm³/mol. The number of ether oxygens (including phenoxy) is 2. The van der Waals surface area contributed by atoms with Gasteiger partial charge in [-0.25, -0.2) is 0 Å². The molecule has 1 aromatic carbocycles. The first-order valence-electron chi connectivity index (χ1n) is 6.68. The van der Waals surface area contributed by atoms with Gasteiger partial charge in [0.25, 0.3) is 0 Å². The van der Waals surface area contributed by atoms with Gasteiger partial charge in [0.15, 0.2) is 11.5 Å². The number of hydrogen-bond donors (Lipinski definition) is 2. The van der Waals surface area contributed by atoms with Crippen LogP contribution in [0.15, 0.2) is 18.2 Å². The molecule has 4 nitrogen and oxygen atoms in total. The predicted octanol–water partition coefficient (Wildman–Crippen LogP) is 2.34. The molecule has 1 aromatic rings. The van der Waals surface area contributed by atoms with Crippen LogP contribution in [0.4, 0.5) is 0 Å². The molecule has 0 unspecified atom stereocenters. The van der Waals surface area contributed by atoms with Crippen molar-refractivity contribution in [2.45, 2.75) is 39.3 Å². The van der Waals surface area contributed by atoms with E-state index < -0.39 is 0 Å². The fraction of sp³-hybridized carbons (Fsp3) is 0.600. The summed E-state index contributed by atoms with van der Waals surface area (Å²) in [4.78, 5) is 0. The molecule has 1 rings (SSSR count). The Labute approximate surface area is 115 Å². The molecule has 0 heterocycles. The lowest BCUT2D eigenvalue weighted by atomic mass is 10.0. The minimum Gasteiger partial charge on any atom is -0.493 e. The van der Waals surface area contributed by atoms with Crippen LogP contribution in [0.25, 0.3) is 0 Å². The second-order valence-electron chi connectivity index (χ2n) is 5.13. The van der Waals surface area contributed by atoms with E-state index in [0.717, 1.165) is 30.0 Å². The van der Waals surface area contributed by atoms with Crippen LogP contribution >= 0.6 is 0 Å². The zero-order chi connectivity index (χ0) is 14.3. The Morgan fingerprint density at radius 3 is 2.58 bits per heavy atom. The third kappa shape index (κ3) is 5.09. The van der Waals surface area contributed by atoms with Gasteiger partial charge in [-0.2, -0.15) is 0 Å². The van der Waals surface area contributed by atoms with E-state index in [9.17, 15) is 0 Å². The third-order valence-electron chi connectivity index (χ3n) is 3.04. The molecule has 0 aliphatic carbocycles. The molecule has 0 atom stereocenters. The molecule has 0 aliphatic rings. The van der Waals surface area contributed by atoms with Gasteiger partial charge >= 0.3 is 0 Å². The summed E-state index contributed by atoms with van der Waals surface area (Å²) in [6.45, 7) is 7.65. The molecule has 4 heteroatoms. The summed E-state index contributed by atoms with van der Waals surface area (Å²) in [5.74, 6) is 1.52. The van der Waals surface area contributed by atoms with Gasteiger partial charge in [0.2, 0.25) is 0 Å². The number of aliphatic hydroxyl groups excluding tert-OH is 1. The molecule has 0 aromatic heterocycles. The van der Waals surface area contributed by atoms with E-state index in [1.807, 2.05) is 25.1 Å². The molecule has 19 heavy (non-hydrogen) atoms. The van der Waals surface area contributed by atoms with Gasteiger partial charge in [0.05, 0.1) is 13.7 Å². The lowest BCUT2D eigenvalue weighted by molar-refractivity contribution is 0.230. The lowest BCUT2D eigenvalue weighted by Gasteiger charge is -2.25. The zero-order valence-electron chi connectivity index (χ0n) is 12.3. The van der Waals surface area contributed by atoms with E-state index in [2.05, 4.69) is 19.2 Å². The van der Waals surface area contributed by atoms with Gasteiger partial charge < -0.3 is 19.9 Å². The van der Waals surface area contributed by atoms with Gasteiger partial charge in [-0.05, 0) is 44.9 Å². The van der Waals surface area contributed by atoms with Crippen molar-refractivity contribution in [1.82, 2.24) is 5.32 Å². The average Bonchev–Trinajstić information content (AvgIpc) is 2.38. The van der Waals surface area contributed by atoms with Gasteiger partial charge in [-0.1, -0.05) is 6.07 Å². The molecule has 0 amide bonds. The van der Waals surface area contributed by atoms with E-state index in [0.29, 0.717) is 6.61 Å². The van der Waals surface area contributed by atoms with Crippen molar-refractivity contribution < 1.29 is 14.6 Å². The number of rotatable bonds is 8. The summed E-state index contributed by atoms with van der Waals surface area (Å²) in [6, 6.07) is 5.93. The van der Waals surface area contributed by atoms with Gasteiger partial charge in [0, 0.05) is 18.7 Å². The Bertz CT molecular complexity index is 391. The molecule has 0 radical (unpaired) electrons. The number of benzene rings is 1. The van der Waals surface area contributed by atoms with Crippen LogP contribution in [0.2, 0.25) is 0 Å². The highest BCUT2D eigenvalue weighted by Gasteiger charge is 2.16. The van der Waals surface area contributed by atoms with E-state index in [1.54, 1.807) is 7.11 Å². The van der Waals surface area contributed by atoms with E-state index in [4.69, 9.17) is 14.6 Å². The molecule has 2 N–H and O–H groups in total. The minimum atomic E-state index is -0.0828. The molecule has 0 spiro atoms. The van der Waals surface area contributed by atoms with Gasteiger partial charge in [-0.3, -0.25) is 0 Å². The second kappa shape index (κ2) is 7.36. The number of hydrogen-bond acceptors (Lipinski definition) is 4. The van der Waals surface area contributed by atoms with Gasteiger partial charge in [-0.15, -0.1) is 0 Å². The third-order valence-corrected chi connectivity index (χ3v) is 3.04. The summed E-state index contributed by atoms with van der Waals surface area (Å²) in [5.41, 5.74) is 1.05. The largest absolute Gasteiger partial charge is 0.493 e. The Morgan fingerprint density at radius 2 is 2.00 bits per heavy atom. The quantitative estimate of drug-likeness (QED) is 0.759. The number of aliphatic hydroxyl groups is 1. The Morgan fingerprint density at radius 1 is 1.26 bits per heavy atom. The SMILES string of the molecule is CCOc1ccc(CNC(C)(C)CCO)cc1OC. The van der Waals surface area contributed by atoms with Crippen LogP contribution < -0.4 is 14.8 Å². The topological polar surface area (TPSA) is 50.7 Å². The molecule has 0 aliphatic heterocycles. The van der Waals surface area contributed by atoms with Crippen molar-refractivity contribution in [1.29, 1.82) is 0 Å². The van der Waals surface area contributed by atoms with Crippen LogP contribution in [0, 0.1) is 0 Å². The molecular weight excluding hydrogens is 242 g/mol. The van der Waals surface area contributed by atoms with Crippen LogP contribution in [-0.2, 0) is 6.54 Å². The van der Waals surface area contributed by atoms with Crippen LogP contribution in [0.5, 0.6) is 11.5 Å². The summed E-state index contributed by atoms with van der Waals surface area (Å²) in [7, 11) is 1.64. The molecule has 108 valence electrons. The van der Waals surface area contributed by atoms with Crippen molar-refractivity contribution in [3.05, 3.63) is 23.8 Å². The lowest BCUT2D eigenvalue weighted by Crippen LogP contribution is -2.39. The van der Waals surface area contributed by atoms with Crippen LogP contribution in [0.3, 0.4) is 0 Å². The fourth-order valence-electron chi connectivity index (χ4n) is 1.81. The first-order valence-corrected chi connectivity index (χ1v) is 6.68. The summed E-state index contributed by atoms with van der Waals surface area (Å²) >= 11 is 0. The minimum absolute atomic E-state index is 0.0828. The normalized spacial score (nSPS) is 11.4. The number of nitrogens with one attached hydrogen (secondary N) is 1. The maximum absolute atomic E-state index is 9.00. The molecule has 0 bridgehead atoms. The monoisotopic (exact) mass is 267 g/mol. The Kier molecular flexibility index (Phi) is 6.12. The van der Waals surface area contributed by atoms with Crippen molar-refractivity contribution >= 4 is 0 Å². The molecule has 0 fully saturated rings. The first-order chi connectivity index (χ1) is 9.02. The summed E-state index contributed by atoms with van der Waals surface area (Å²) < 4.78 is 10.8. The fourth-order valence-corrected chi connectivity index (χ4v) is 1.81. The van der Waals surface area contributed by atoms with Crippen molar-refractivity contribution in [3.8, 4) is 11.5 Å². The second-order valence-corrected chi connectivity index (χ2v) is 5.13. The molecular formula is C15H25NO3. The van der Waals surface area contributed by atoms with E-state index >= 15 is 0 Å². The maximum atomic E-state index is 9.00.